The van der Waals surface area contributed by atoms with E-state index in [1.165, 1.54) is 44.6 Å². The quantitative estimate of drug-likeness (QED) is 0.870. The molecule has 2 amide bonds. The van der Waals surface area contributed by atoms with E-state index in [4.69, 9.17) is 0 Å². The van der Waals surface area contributed by atoms with Gasteiger partial charge in [0.05, 0.1) is 5.69 Å². The van der Waals surface area contributed by atoms with Crippen LogP contribution in [0.2, 0.25) is 0 Å². The zero-order chi connectivity index (χ0) is 16.8. The molecule has 1 aliphatic carbocycles. The van der Waals surface area contributed by atoms with Crippen LogP contribution in [-0.4, -0.2) is 36.1 Å². The van der Waals surface area contributed by atoms with Crippen molar-refractivity contribution in [2.24, 2.45) is 0 Å². The molecule has 2 aliphatic rings. The smallest absolute Gasteiger partial charge is 0.319 e. The highest BCUT2D eigenvalue weighted by atomic mass is 19.1. The fourth-order valence-corrected chi connectivity index (χ4v) is 4.16. The van der Waals surface area contributed by atoms with Crippen molar-refractivity contribution in [2.45, 2.75) is 56.9 Å². The topological polar surface area (TPSA) is 44.4 Å². The number of likely N-dealkylation sites (tertiary alicyclic amines) is 1. The van der Waals surface area contributed by atoms with E-state index in [1.54, 1.807) is 18.2 Å². The number of hydrogen-bond donors (Lipinski definition) is 2. The van der Waals surface area contributed by atoms with Gasteiger partial charge >= 0.3 is 6.03 Å². The van der Waals surface area contributed by atoms with Crippen LogP contribution in [0.25, 0.3) is 0 Å². The van der Waals surface area contributed by atoms with Gasteiger partial charge in [-0.25, -0.2) is 9.18 Å². The zero-order valence-electron chi connectivity index (χ0n) is 14.3. The highest BCUT2D eigenvalue weighted by Crippen LogP contribution is 2.35. The van der Waals surface area contributed by atoms with Crippen molar-refractivity contribution >= 4 is 11.7 Å². The van der Waals surface area contributed by atoms with Gasteiger partial charge in [0.1, 0.15) is 5.82 Å². The van der Waals surface area contributed by atoms with E-state index >= 15 is 0 Å². The summed E-state index contributed by atoms with van der Waals surface area (Å²) in [4.78, 5) is 14.8. The molecule has 1 aromatic rings. The van der Waals surface area contributed by atoms with E-state index in [-0.39, 0.29) is 17.3 Å². The van der Waals surface area contributed by atoms with Crippen molar-refractivity contribution in [1.29, 1.82) is 0 Å². The summed E-state index contributed by atoms with van der Waals surface area (Å²) >= 11 is 0. The number of carbonyl (C=O) groups is 1. The number of para-hydroxylation sites is 1. The molecule has 0 radical (unpaired) electrons. The molecule has 5 heteroatoms. The van der Waals surface area contributed by atoms with Crippen LogP contribution < -0.4 is 10.6 Å². The molecule has 24 heavy (non-hydrogen) atoms. The van der Waals surface area contributed by atoms with Crippen LogP contribution in [0, 0.1) is 5.82 Å². The molecule has 1 heterocycles. The van der Waals surface area contributed by atoms with E-state index in [0.717, 1.165) is 25.9 Å². The molecule has 132 valence electrons. The first-order chi connectivity index (χ1) is 11.7. The molecule has 0 aromatic heterocycles. The minimum Gasteiger partial charge on any atom is -0.336 e. The van der Waals surface area contributed by atoms with Crippen molar-refractivity contribution < 1.29 is 9.18 Å². The van der Waals surface area contributed by atoms with E-state index in [2.05, 4.69) is 15.5 Å². The van der Waals surface area contributed by atoms with Crippen LogP contribution in [0.1, 0.15) is 51.4 Å². The van der Waals surface area contributed by atoms with Gasteiger partial charge in [0.15, 0.2) is 0 Å². The first-order valence-electron chi connectivity index (χ1n) is 9.24. The Morgan fingerprint density at radius 1 is 1.04 bits per heavy atom. The van der Waals surface area contributed by atoms with Gasteiger partial charge in [-0.3, -0.25) is 4.90 Å². The molecule has 4 nitrogen and oxygen atoms in total. The molecule has 1 saturated heterocycles. The number of nitrogens with one attached hydrogen (secondary N) is 2. The van der Waals surface area contributed by atoms with Gasteiger partial charge in [0.25, 0.3) is 0 Å². The highest BCUT2D eigenvalue weighted by Gasteiger charge is 2.38. The lowest BCUT2D eigenvalue weighted by Gasteiger charge is -2.48. The summed E-state index contributed by atoms with van der Waals surface area (Å²) in [5, 5.41) is 5.63. The van der Waals surface area contributed by atoms with Crippen molar-refractivity contribution in [1.82, 2.24) is 10.2 Å². The predicted molar refractivity (Wildman–Crippen MR) is 94.7 cm³/mol. The minimum absolute atomic E-state index is 0.0885. The monoisotopic (exact) mass is 333 g/mol. The molecule has 1 saturated carbocycles. The summed E-state index contributed by atoms with van der Waals surface area (Å²) in [7, 11) is 0. The molecule has 1 aromatic carbocycles. The second-order valence-electron chi connectivity index (χ2n) is 7.12. The third kappa shape index (κ3) is 4.07. The normalized spacial score (nSPS) is 21.2. The first kappa shape index (κ1) is 17.2. The number of halogens is 1. The van der Waals surface area contributed by atoms with Gasteiger partial charge in [0, 0.05) is 12.1 Å². The number of rotatable bonds is 4. The summed E-state index contributed by atoms with van der Waals surface area (Å²) in [5.74, 6) is -0.406. The minimum atomic E-state index is -0.406. The standard InChI is InChI=1S/C19H28FN3O/c20-16-9-3-4-10-17(16)22-18(24)21-15-19(11-5-1-6-12-19)23-13-7-2-8-14-23/h3-4,9-10H,1-2,5-8,11-15H2,(H2,21,22,24). The van der Waals surface area contributed by atoms with Crippen molar-refractivity contribution in [2.75, 3.05) is 25.0 Å². The Morgan fingerprint density at radius 2 is 1.71 bits per heavy atom. The Labute approximate surface area is 143 Å². The van der Waals surface area contributed by atoms with Gasteiger partial charge in [-0.2, -0.15) is 0 Å². The van der Waals surface area contributed by atoms with Crippen molar-refractivity contribution in [3.8, 4) is 0 Å². The molecule has 2 N–H and O–H groups in total. The van der Waals surface area contributed by atoms with E-state index in [0.29, 0.717) is 6.54 Å². The van der Waals surface area contributed by atoms with Crippen LogP contribution in [0.4, 0.5) is 14.9 Å². The summed E-state index contributed by atoms with van der Waals surface area (Å²) < 4.78 is 13.7. The van der Waals surface area contributed by atoms with E-state index in [9.17, 15) is 9.18 Å². The largest absolute Gasteiger partial charge is 0.336 e. The maximum Gasteiger partial charge on any atom is 0.319 e. The summed E-state index contributed by atoms with van der Waals surface area (Å²) in [5.41, 5.74) is 0.316. The lowest BCUT2D eigenvalue weighted by Crippen LogP contribution is -2.58. The van der Waals surface area contributed by atoms with Crippen LogP contribution in [0.3, 0.4) is 0 Å². The molecular formula is C19H28FN3O. The molecular weight excluding hydrogens is 305 g/mol. The number of urea groups is 1. The lowest BCUT2D eigenvalue weighted by atomic mass is 9.79. The number of anilines is 1. The second kappa shape index (κ2) is 7.97. The van der Waals surface area contributed by atoms with E-state index in [1.807, 2.05) is 0 Å². The Hall–Kier alpha value is -1.62. The molecule has 0 atom stereocenters. The van der Waals surface area contributed by atoms with Gasteiger partial charge in [0.2, 0.25) is 0 Å². The maximum atomic E-state index is 13.7. The van der Waals surface area contributed by atoms with Crippen LogP contribution in [-0.2, 0) is 0 Å². The SMILES string of the molecule is O=C(NCC1(N2CCCCC2)CCCCC1)Nc1ccccc1F. The first-order valence-corrected chi connectivity index (χ1v) is 9.24. The van der Waals surface area contributed by atoms with Gasteiger partial charge in [-0.1, -0.05) is 37.8 Å². The van der Waals surface area contributed by atoms with Gasteiger partial charge < -0.3 is 10.6 Å². The molecule has 0 spiro atoms. The highest BCUT2D eigenvalue weighted by molar-refractivity contribution is 5.89. The Kier molecular flexibility index (Phi) is 5.72. The maximum absolute atomic E-state index is 13.7. The van der Waals surface area contributed by atoms with Gasteiger partial charge in [-0.15, -0.1) is 0 Å². The van der Waals surface area contributed by atoms with E-state index < -0.39 is 5.82 Å². The Balaban J connectivity index is 1.60. The number of benzene rings is 1. The van der Waals surface area contributed by atoms with Crippen LogP contribution in [0.15, 0.2) is 24.3 Å². The average molecular weight is 333 g/mol. The number of piperidine rings is 1. The van der Waals surface area contributed by atoms with Gasteiger partial charge in [-0.05, 0) is 50.9 Å². The zero-order valence-corrected chi connectivity index (χ0v) is 14.3. The number of nitrogens with zero attached hydrogens (tertiary/aromatic N) is 1. The number of carbonyl (C=O) groups excluding carboxylic acids is 1. The molecule has 3 rings (SSSR count). The molecule has 0 unspecified atom stereocenters. The second-order valence-corrected chi connectivity index (χ2v) is 7.12. The molecule has 1 aliphatic heterocycles. The summed E-state index contributed by atoms with van der Waals surface area (Å²) in [6, 6.07) is 5.95. The molecule has 0 bridgehead atoms. The molecule has 2 fully saturated rings. The average Bonchev–Trinajstić information content (AvgIpc) is 2.63. The predicted octanol–water partition coefficient (Wildman–Crippen LogP) is 4.14. The van der Waals surface area contributed by atoms with Crippen molar-refractivity contribution in [3.63, 3.8) is 0 Å². The fraction of sp³-hybridized carbons (Fsp3) is 0.632. The van der Waals surface area contributed by atoms with Crippen LogP contribution in [0.5, 0.6) is 0 Å². The van der Waals surface area contributed by atoms with Crippen LogP contribution >= 0.6 is 0 Å². The Bertz CT molecular complexity index is 551. The fourth-order valence-electron chi connectivity index (χ4n) is 4.16. The number of amides is 2. The lowest BCUT2D eigenvalue weighted by molar-refractivity contribution is 0.0358. The van der Waals surface area contributed by atoms with Crippen molar-refractivity contribution in [3.05, 3.63) is 30.1 Å². The summed E-state index contributed by atoms with van der Waals surface area (Å²) in [6.07, 6.45) is 9.86. The third-order valence-corrected chi connectivity index (χ3v) is 5.51. The Morgan fingerprint density at radius 3 is 2.42 bits per heavy atom. The number of hydrogen-bond acceptors (Lipinski definition) is 2. The summed E-state index contributed by atoms with van der Waals surface area (Å²) in [6.45, 7) is 2.92. The third-order valence-electron chi connectivity index (χ3n) is 5.51.